The van der Waals surface area contributed by atoms with E-state index in [9.17, 15) is 9.59 Å². The molecule has 1 aromatic heterocycles. The molecule has 4 rings (SSSR count). The van der Waals surface area contributed by atoms with E-state index in [1.807, 2.05) is 35.7 Å². The Morgan fingerprint density at radius 1 is 1.04 bits per heavy atom. The van der Waals surface area contributed by atoms with Gasteiger partial charge < -0.3 is 5.32 Å². The highest BCUT2D eigenvalue weighted by molar-refractivity contribution is 7.13. The van der Waals surface area contributed by atoms with Crippen LogP contribution >= 0.6 is 11.3 Å². The van der Waals surface area contributed by atoms with Crippen LogP contribution in [0.5, 0.6) is 0 Å². The van der Waals surface area contributed by atoms with Crippen LogP contribution in [0, 0.1) is 5.92 Å². The van der Waals surface area contributed by atoms with Gasteiger partial charge in [-0.15, -0.1) is 11.3 Å². The lowest BCUT2D eigenvalue weighted by molar-refractivity contribution is -0.115. The number of carbonyl (C=O) groups excluding carboxylic acids is 2. The second kappa shape index (κ2) is 7.22. The first-order chi connectivity index (χ1) is 12.7. The molecule has 0 spiro atoms. The highest BCUT2D eigenvalue weighted by Gasteiger charge is 2.30. The van der Waals surface area contributed by atoms with Crippen molar-refractivity contribution in [2.45, 2.75) is 19.3 Å². The summed E-state index contributed by atoms with van der Waals surface area (Å²) in [5, 5.41) is 5.69. The fourth-order valence-corrected chi connectivity index (χ4v) is 3.60. The summed E-state index contributed by atoms with van der Waals surface area (Å²) in [7, 11) is 0. The number of hydrogen-bond acceptors (Lipinski definition) is 4. The number of Topliss-reactive ketones (excluding diaryl/α,β-unsaturated/α-hetero) is 1. The molecule has 0 radical (unpaired) electrons. The van der Waals surface area contributed by atoms with Gasteiger partial charge in [-0.25, -0.2) is 4.98 Å². The zero-order valence-corrected chi connectivity index (χ0v) is 15.0. The summed E-state index contributed by atoms with van der Waals surface area (Å²) in [6.07, 6.45) is 2.22. The van der Waals surface area contributed by atoms with Gasteiger partial charge >= 0.3 is 0 Å². The first-order valence-electron chi connectivity index (χ1n) is 8.63. The number of nitrogens with zero attached hydrogens (tertiary/aromatic N) is 1. The highest BCUT2D eigenvalue weighted by atomic mass is 32.1. The van der Waals surface area contributed by atoms with Gasteiger partial charge in [0.2, 0.25) is 5.91 Å². The van der Waals surface area contributed by atoms with E-state index in [4.69, 9.17) is 0 Å². The minimum atomic E-state index is -0.115. The van der Waals surface area contributed by atoms with Crippen molar-refractivity contribution >= 4 is 28.7 Å². The molecular formula is C21H18N2O2S. The van der Waals surface area contributed by atoms with E-state index in [2.05, 4.69) is 10.3 Å². The maximum Gasteiger partial charge on any atom is 0.230 e. The first-order valence-corrected chi connectivity index (χ1v) is 9.51. The predicted molar refractivity (Wildman–Crippen MR) is 103 cm³/mol. The number of hydrogen-bond donors (Lipinski definition) is 1. The lowest BCUT2D eigenvalue weighted by Crippen LogP contribution is -2.14. The molecular weight excluding hydrogens is 344 g/mol. The topological polar surface area (TPSA) is 59.1 Å². The highest BCUT2D eigenvalue weighted by Crippen LogP contribution is 2.32. The van der Waals surface area contributed by atoms with Crippen LogP contribution in [0.25, 0.3) is 10.6 Å². The van der Waals surface area contributed by atoms with Crippen molar-refractivity contribution in [3.63, 3.8) is 0 Å². The third-order valence-electron chi connectivity index (χ3n) is 4.32. The molecule has 4 nitrogen and oxygen atoms in total. The molecule has 1 heterocycles. The Bertz CT molecular complexity index is 928. The molecule has 0 aliphatic heterocycles. The normalized spacial score (nSPS) is 13.4. The first kappa shape index (κ1) is 16.7. The van der Waals surface area contributed by atoms with Crippen LogP contribution in [-0.4, -0.2) is 16.7 Å². The lowest BCUT2D eigenvalue weighted by Gasteiger charge is -2.05. The predicted octanol–water partition coefficient (Wildman–Crippen LogP) is 4.58. The largest absolute Gasteiger partial charge is 0.326 e. The summed E-state index contributed by atoms with van der Waals surface area (Å²) < 4.78 is 0. The van der Waals surface area contributed by atoms with Crippen LogP contribution in [0.4, 0.5) is 5.69 Å². The molecule has 1 fully saturated rings. The van der Waals surface area contributed by atoms with Crippen LogP contribution in [-0.2, 0) is 11.2 Å². The van der Waals surface area contributed by atoms with Crippen molar-refractivity contribution in [2.75, 3.05) is 5.32 Å². The summed E-state index contributed by atoms with van der Waals surface area (Å²) in [6, 6.07) is 17.1. The molecule has 1 N–H and O–H groups in total. The number of rotatable bonds is 6. The second-order valence-electron chi connectivity index (χ2n) is 6.45. The Labute approximate surface area is 155 Å². The van der Waals surface area contributed by atoms with Crippen molar-refractivity contribution < 1.29 is 9.59 Å². The van der Waals surface area contributed by atoms with Gasteiger partial charge in [0.1, 0.15) is 5.01 Å². The van der Waals surface area contributed by atoms with Gasteiger partial charge in [-0.05, 0) is 37.1 Å². The van der Waals surface area contributed by atoms with Crippen LogP contribution in [0.3, 0.4) is 0 Å². The second-order valence-corrected chi connectivity index (χ2v) is 7.31. The number of aromatic nitrogens is 1. The Morgan fingerprint density at radius 2 is 1.77 bits per heavy atom. The summed E-state index contributed by atoms with van der Waals surface area (Å²) >= 11 is 1.54. The number of ketones is 1. The standard InChI is InChI=1S/C21H18N2O2S/c24-19(12-18-13-26-21(23-18)16-4-2-1-3-5-16)22-17-10-8-15(9-11-17)20(25)14-6-7-14/h1-5,8-11,13-14H,6-7,12H2,(H,22,24). The van der Waals surface area contributed by atoms with Crippen molar-refractivity contribution in [2.24, 2.45) is 5.92 Å². The maximum absolute atomic E-state index is 12.3. The van der Waals surface area contributed by atoms with E-state index in [1.54, 1.807) is 24.3 Å². The van der Waals surface area contributed by atoms with Crippen molar-refractivity contribution in [1.82, 2.24) is 4.98 Å². The fourth-order valence-electron chi connectivity index (χ4n) is 2.77. The number of anilines is 1. The number of thiazole rings is 1. The van der Waals surface area contributed by atoms with Crippen molar-refractivity contribution in [3.8, 4) is 10.6 Å². The summed E-state index contributed by atoms with van der Waals surface area (Å²) in [5.74, 6) is 0.300. The average molecular weight is 362 g/mol. The molecule has 0 atom stereocenters. The Hall–Kier alpha value is -2.79. The van der Waals surface area contributed by atoms with E-state index >= 15 is 0 Å². The van der Waals surface area contributed by atoms with Gasteiger partial charge in [0.25, 0.3) is 0 Å². The Balaban J connectivity index is 1.36. The Kier molecular flexibility index (Phi) is 4.63. The third kappa shape index (κ3) is 3.89. The summed E-state index contributed by atoms with van der Waals surface area (Å²) in [5.41, 5.74) is 3.23. The number of amides is 1. The van der Waals surface area contributed by atoms with Crippen LogP contribution in [0.15, 0.2) is 60.0 Å². The SMILES string of the molecule is O=C(Cc1csc(-c2ccccc2)n1)Nc1ccc(C(=O)C2CC2)cc1. The van der Waals surface area contributed by atoms with Crippen LogP contribution in [0.2, 0.25) is 0 Å². The van der Waals surface area contributed by atoms with Crippen molar-refractivity contribution in [1.29, 1.82) is 0 Å². The average Bonchev–Trinajstić information content (AvgIpc) is 3.42. The van der Waals surface area contributed by atoms with Gasteiger partial charge in [-0.3, -0.25) is 9.59 Å². The molecule has 1 saturated carbocycles. The zero-order chi connectivity index (χ0) is 17.9. The van der Waals surface area contributed by atoms with Crippen LogP contribution < -0.4 is 5.32 Å². The van der Waals surface area contributed by atoms with E-state index in [0.29, 0.717) is 5.69 Å². The summed E-state index contributed by atoms with van der Waals surface area (Å²) in [4.78, 5) is 28.8. The molecule has 1 aliphatic carbocycles. The van der Waals surface area contributed by atoms with E-state index < -0.39 is 0 Å². The van der Waals surface area contributed by atoms with Gasteiger partial charge in [0, 0.05) is 28.1 Å². The minimum absolute atomic E-state index is 0.115. The number of nitrogens with one attached hydrogen (secondary N) is 1. The van der Waals surface area contributed by atoms with Crippen LogP contribution in [0.1, 0.15) is 28.9 Å². The minimum Gasteiger partial charge on any atom is -0.326 e. The molecule has 0 bridgehead atoms. The molecule has 2 aromatic carbocycles. The van der Waals surface area contributed by atoms with Gasteiger partial charge in [-0.2, -0.15) is 0 Å². The van der Waals surface area contributed by atoms with E-state index in [1.165, 1.54) is 11.3 Å². The van der Waals surface area contributed by atoms with E-state index in [-0.39, 0.29) is 24.0 Å². The molecule has 130 valence electrons. The molecule has 0 unspecified atom stereocenters. The Morgan fingerprint density at radius 3 is 2.46 bits per heavy atom. The number of benzene rings is 2. The van der Waals surface area contributed by atoms with Gasteiger partial charge in [0.15, 0.2) is 5.78 Å². The van der Waals surface area contributed by atoms with Crippen molar-refractivity contribution in [3.05, 3.63) is 71.2 Å². The summed E-state index contributed by atoms with van der Waals surface area (Å²) in [6.45, 7) is 0. The third-order valence-corrected chi connectivity index (χ3v) is 5.26. The zero-order valence-electron chi connectivity index (χ0n) is 14.1. The fraction of sp³-hybridized carbons (Fsp3) is 0.190. The molecule has 1 aliphatic rings. The smallest absolute Gasteiger partial charge is 0.230 e. The molecule has 0 saturated heterocycles. The quantitative estimate of drug-likeness (QED) is 0.653. The monoisotopic (exact) mass is 362 g/mol. The van der Waals surface area contributed by atoms with Gasteiger partial charge in [-0.1, -0.05) is 30.3 Å². The molecule has 1 amide bonds. The number of carbonyl (C=O) groups is 2. The van der Waals surface area contributed by atoms with E-state index in [0.717, 1.165) is 34.7 Å². The lowest BCUT2D eigenvalue weighted by atomic mass is 10.1. The van der Waals surface area contributed by atoms with Gasteiger partial charge in [0.05, 0.1) is 12.1 Å². The molecule has 3 aromatic rings. The maximum atomic E-state index is 12.3. The molecule has 26 heavy (non-hydrogen) atoms. The molecule has 5 heteroatoms.